The topological polar surface area (TPSA) is 21.1 Å². The fraction of sp³-hybridized carbons (Fsp3) is 0.562. The van der Waals surface area contributed by atoms with Gasteiger partial charge in [0.1, 0.15) is 5.82 Å². The van der Waals surface area contributed by atoms with Crippen LogP contribution in [0.15, 0.2) is 18.2 Å². The van der Waals surface area contributed by atoms with Crippen LogP contribution < -0.4 is 0 Å². The van der Waals surface area contributed by atoms with Gasteiger partial charge in [-0.3, -0.25) is 0 Å². The molecule has 0 atom stereocenters. The Morgan fingerprint density at radius 2 is 2.10 bits per heavy atom. The first kappa shape index (κ1) is 13.9. The van der Waals surface area contributed by atoms with Crippen LogP contribution in [0.2, 0.25) is 0 Å². The smallest absolute Gasteiger partial charge is 0.124 e. The monoisotopic (exact) mass is 291 g/mol. The van der Waals surface area contributed by atoms with Gasteiger partial charge in [0.2, 0.25) is 0 Å². The van der Waals surface area contributed by atoms with Crippen LogP contribution in [0.5, 0.6) is 0 Å². The molecule has 3 nitrogen and oxygen atoms in total. The maximum absolute atomic E-state index is 6.12. The summed E-state index contributed by atoms with van der Waals surface area (Å²) in [4.78, 5) is 7.06. The van der Waals surface area contributed by atoms with Gasteiger partial charge in [0.15, 0.2) is 0 Å². The molecule has 1 aromatic heterocycles. The number of hydrogen-bond acceptors (Lipinski definition) is 2. The summed E-state index contributed by atoms with van der Waals surface area (Å²) in [7, 11) is 4.37. The molecule has 2 aromatic rings. The summed E-state index contributed by atoms with van der Waals surface area (Å²) in [6.45, 7) is 3.12. The molecule has 1 aliphatic carbocycles. The predicted octanol–water partition coefficient (Wildman–Crippen LogP) is 3.57. The van der Waals surface area contributed by atoms with Crippen LogP contribution in [0.4, 0.5) is 0 Å². The highest BCUT2D eigenvalue weighted by Crippen LogP contribution is 2.38. The van der Waals surface area contributed by atoms with E-state index >= 15 is 0 Å². The summed E-state index contributed by atoms with van der Waals surface area (Å²) >= 11 is 6.12. The number of hydrogen-bond donors (Lipinski definition) is 0. The molecule has 1 saturated carbocycles. The lowest BCUT2D eigenvalue weighted by Gasteiger charge is -2.47. The molecule has 0 unspecified atom stereocenters. The molecule has 0 spiro atoms. The second-order valence-corrected chi connectivity index (χ2v) is 6.48. The largest absolute Gasteiger partial charge is 0.325 e. The Hall–Kier alpha value is -1.06. The molecule has 0 aliphatic heterocycles. The lowest BCUT2D eigenvalue weighted by molar-refractivity contribution is 0.0429. The van der Waals surface area contributed by atoms with Crippen molar-refractivity contribution in [1.82, 2.24) is 14.5 Å². The van der Waals surface area contributed by atoms with Crippen molar-refractivity contribution in [3.63, 3.8) is 0 Å². The number of alkyl halides is 1. The molecular formula is C16H22ClN3. The quantitative estimate of drug-likeness (QED) is 0.803. The van der Waals surface area contributed by atoms with Gasteiger partial charge in [0.05, 0.1) is 16.9 Å². The lowest BCUT2D eigenvalue weighted by atomic mass is 9.75. The summed E-state index contributed by atoms with van der Waals surface area (Å²) in [6, 6.07) is 6.43. The van der Waals surface area contributed by atoms with Gasteiger partial charge in [0, 0.05) is 12.1 Å². The number of rotatable bonds is 4. The zero-order valence-electron chi connectivity index (χ0n) is 12.5. The van der Waals surface area contributed by atoms with Crippen LogP contribution in [-0.4, -0.2) is 34.1 Å². The minimum absolute atomic E-state index is 0.276. The van der Waals surface area contributed by atoms with Crippen molar-refractivity contribution >= 4 is 22.6 Å². The molecule has 1 aromatic carbocycles. The number of benzene rings is 1. The zero-order chi connectivity index (χ0) is 14.3. The van der Waals surface area contributed by atoms with Crippen molar-refractivity contribution in [2.45, 2.75) is 44.1 Å². The number of likely N-dealkylation sites (N-methyl/N-ethyl adjacent to an activating group) is 1. The summed E-state index contributed by atoms with van der Waals surface area (Å²) in [5.41, 5.74) is 3.82. The standard InChI is InChI=1S/C16H22ClN3/c1-12-5-6-13-14(9-12)20(15(10-17)18-13)11-16(19(2)3)7-4-8-16/h5-6,9H,4,7-8,10-11H2,1-3H3. The Balaban J connectivity index is 2.07. The third-order valence-corrected chi connectivity index (χ3v) is 5.03. The summed E-state index contributed by atoms with van der Waals surface area (Å²) in [6.07, 6.45) is 3.83. The molecule has 108 valence electrons. The molecule has 0 radical (unpaired) electrons. The van der Waals surface area contributed by atoms with Crippen LogP contribution in [0, 0.1) is 6.92 Å². The van der Waals surface area contributed by atoms with Crippen molar-refractivity contribution in [2.75, 3.05) is 14.1 Å². The molecule has 0 saturated heterocycles. The van der Waals surface area contributed by atoms with E-state index in [2.05, 4.69) is 53.7 Å². The Morgan fingerprint density at radius 1 is 1.35 bits per heavy atom. The van der Waals surface area contributed by atoms with E-state index in [9.17, 15) is 0 Å². The number of halogens is 1. The fourth-order valence-electron chi connectivity index (χ4n) is 3.19. The highest BCUT2D eigenvalue weighted by atomic mass is 35.5. The Kier molecular flexibility index (Phi) is 3.51. The second kappa shape index (κ2) is 5.05. The number of fused-ring (bicyclic) bond motifs is 1. The molecule has 1 heterocycles. The van der Waals surface area contributed by atoms with Gasteiger partial charge in [-0.1, -0.05) is 6.07 Å². The van der Waals surface area contributed by atoms with Gasteiger partial charge in [-0.15, -0.1) is 11.6 Å². The first-order valence-electron chi connectivity index (χ1n) is 7.25. The van der Waals surface area contributed by atoms with E-state index in [0.717, 1.165) is 17.9 Å². The molecule has 0 N–H and O–H groups in total. The molecule has 0 bridgehead atoms. The molecule has 20 heavy (non-hydrogen) atoms. The minimum Gasteiger partial charge on any atom is -0.325 e. The van der Waals surface area contributed by atoms with E-state index in [4.69, 9.17) is 11.6 Å². The van der Waals surface area contributed by atoms with Crippen LogP contribution in [-0.2, 0) is 12.4 Å². The van der Waals surface area contributed by atoms with Gasteiger partial charge >= 0.3 is 0 Å². The molecular weight excluding hydrogens is 270 g/mol. The second-order valence-electron chi connectivity index (χ2n) is 6.21. The van der Waals surface area contributed by atoms with E-state index in [1.807, 2.05) is 0 Å². The zero-order valence-corrected chi connectivity index (χ0v) is 13.2. The van der Waals surface area contributed by atoms with Gasteiger partial charge in [-0.25, -0.2) is 4.98 Å². The van der Waals surface area contributed by atoms with E-state index in [1.165, 1.54) is 30.3 Å². The van der Waals surface area contributed by atoms with Crippen molar-refractivity contribution in [1.29, 1.82) is 0 Å². The average Bonchev–Trinajstić information content (AvgIpc) is 2.70. The van der Waals surface area contributed by atoms with E-state index in [1.54, 1.807) is 0 Å². The van der Waals surface area contributed by atoms with Crippen LogP contribution in [0.1, 0.15) is 30.7 Å². The lowest BCUT2D eigenvalue weighted by Crippen LogP contribution is -2.53. The van der Waals surface area contributed by atoms with Gasteiger partial charge in [-0.2, -0.15) is 0 Å². The SMILES string of the molecule is Cc1ccc2nc(CCl)n(CC3(N(C)C)CCC3)c2c1. The molecule has 3 rings (SSSR count). The van der Waals surface area contributed by atoms with E-state index in [0.29, 0.717) is 5.88 Å². The molecule has 4 heteroatoms. The Labute approximate surface area is 125 Å². The van der Waals surface area contributed by atoms with Crippen LogP contribution >= 0.6 is 11.6 Å². The third kappa shape index (κ3) is 2.13. The van der Waals surface area contributed by atoms with E-state index in [-0.39, 0.29) is 5.54 Å². The third-order valence-electron chi connectivity index (χ3n) is 4.79. The first-order chi connectivity index (χ1) is 9.55. The number of imidazole rings is 1. The summed E-state index contributed by atoms with van der Waals surface area (Å²) < 4.78 is 2.33. The summed E-state index contributed by atoms with van der Waals surface area (Å²) in [5.74, 6) is 1.46. The highest BCUT2D eigenvalue weighted by molar-refractivity contribution is 6.16. The average molecular weight is 292 g/mol. The number of aryl methyl sites for hydroxylation is 1. The van der Waals surface area contributed by atoms with Crippen molar-refractivity contribution in [3.05, 3.63) is 29.6 Å². The Bertz CT molecular complexity index is 626. The van der Waals surface area contributed by atoms with Crippen molar-refractivity contribution in [3.8, 4) is 0 Å². The van der Waals surface area contributed by atoms with E-state index < -0.39 is 0 Å². The number of aromatic nitrogens is 2. The fourth-order valence-corrected chi connectivity index (χ4v) is 3.39. The maximum Gasteiger partial charge on any atom is 0.124 e. The van der Waals surface area contributed by atoms with Gasteiger partial charge in [-0.05, 0) is 58.0 Å². The minimum atomic E-state index is 0.276. The maximum atomic E-state index is 6.12. The summed E-state index contributed by atoms with van der Waals surface area (Å²) in [5, 5.41) is 0. The Morgan fingerprint density at radius 3 is 2.65 bits per heavy atom. The predicted molar refractivity (Wildman–Crippen MR) is 84.3 cm³/mol. The molecule has 1 fully saturated rings. The van der Waals surface area contributed by atoms with Crippen molar-refractivity contribution in [2.24, 2.45) is 0 Å². The van der Waals surface area contributed by atoms with Gasteiger partial charge < -0.3 is 9.47 Å². The van der Waals surface area contributed by atoms with Crippen LogP contribution in [0.3, 0.4) is 0 Å². The first-order valence-corrected chi connectivity index (χ1v) is 7.78. The number of nitrogens with zero attached hydrogens (tertiary/aromatic N) is 3. The van der Waals surface area contributed by atoms with Crippen LogP contribution in [0.25, 0.3) is 11.0 Å². The molecule has 0 amide bonds. The van der Waals surface area contributed by atoms with Crippen molar-refractivity contribution < 1.29 is 0 Å². The van der Waals surface area contributed by atoms with Gasteiger partial charge in [0.25, 0.3) is 0 Å². The highest BCUT2D eigenvalue weighted by Gasteiger charge is 2.40. The normalized spacial score (nSPS) is 17.6. The molecule has 1 aliphatic rings.